The van der Waals surface area contributed by atoms with Gasteiger partial charge in [0.05, 0.1) is 6.54 Å². The van der Waals surface area contributed by atoms with E-state index in [1.807, 2.05) is 25.2 Å². The van der Waals surface area contributed by atoms with Gasteiger partial charge < -0.3 is 15.5 Å². The molecule has 7 heteroatoms. The van der Waals surface area contributed by atoms with Crippen LogP contribution >= 0.6 is 24.0 Å². The fourth-order valence-electron chi connectivity index (χ4n) is 3.73. The zero-order valence-electron chi connectivity index (χ0n) is 17.7. The van der Waals surface area contributed by atoms with Crippen molar-refractivity contribution in [3.8, 4) is 0 Å². The van der Waals surface area contributed by atoms with Crippen molar-refractivity contribution in [2.24, 2.45) is 16.3 Å². The van der Waals surface area contributed by atoms with Crippen LogP contribution in [0.15, 0.2) is 29.4 Å². The van der Waals surface area contributed by atoms with Gasteiger partial charge in [0.15, 0.2) is 5.96 Å². The van der Waals surface area contributed by atoms with E-state index in [0.717, 1.165) is 18.7 Å². The molecule has 0 unspecified atom stereocenters. The van der Waals surface area contributed by atoms with Crippen molar-refractivity contribution in [2.45, 2.75) is 46.0 Å². The van der Waals surface area contributed by atoms with Crippen molar-refractivity contribution in [3.05, 3.63) is 30.1 Å². The molecule has 1 saturated carbocycles. The zero-order valence-corrected chi connectivity index (χ0v) is 20.0. The molecule has 0 saturated heterocycles. The summed E-state index contributed by atoms with van der Waals surface area (Å²) in [7, 11) is 3.58. The van der Waals surface area contributed by atoms with Crippen molar-refractivity contribution in [1.82, 2.24) is 20.5 Å². The molecule has 1 aromatic rings. The minimum atomic E-state index is 0. The Morgan fingerprint density at radius 1 is 1.32 bits per heavy atom. The maximum absolute atomic E-state index is 12.4. The molecule has 1 aromatic heterocycles. The predicted octanol–water partition coefficient (Wildman–Crippen LogP) is 3.08. The number of aromatic nitrogens is 1. The van der Waals surface area contributed by atoms with E-state index in [4.69, 9.17) is 0 Å². The van der Waals surface area contributed by atoms with Crippen LogP contribution in [0.1, 0.15) is 45.2 Å². The maximum atomic E-state index is 12.4. The number of aliphatic imine (C=N–C) groups is 1. The fourth-order valence-corrected chi connectivity index (χ4v) is 3.73. The number of carbonyl (C=O) groups excluding carboxylic acids is 1. The van der Waals surface area contributed by atoms with Crippen LogP contribution in [0.2, 0.25) is 0 Å². The molecule has 0 atom stereocenters. The Balaban J connectivity index is 0.00000392. The highest BCUT2D eigenvalue weighted by molar-refractivity contribution is 14.0. The summed E-state index contributed by atoms with van der Waals surface area (Å²) in [5.74, 6) is 1.46. The summed E-state index contributed by atoms with van der Waals surface area (Å²) in [6.45, 7) is 6.39. The molecule has 1 heterocycles. The maximum Gasteiger partial charge on any atom is 0.241 e. The SMILES string of the molecule is CN=C(NCC(=O)N(C)CCc1ccccn1)NCC1(CC(C)C)CCC1.I. The summed E-state index contributed by atoms with van der Waals surface area (Å²) in [6.07, 6.45) is 7.66. The lowest BCUT2D eigenvalue weighted by Gasteiger charge is -2.43. The number of guanidine groups is 1. The van der Waals surface area contributed by atoms with Gasteiger partial charge in [0, 0.05) is 45.5 Å². The summed E-state index contributed by atoms with van der Waals surface area (Å²) in [5, 5.41) is 6.58. The van der Waals surface area contributed by atoms with Gasteiger partial charge in [-0.1, -0.05) is 26.3 Å². The van der Waals surface area contributed by atoms with E-state index in [2.05, 4.69) is 34.5 Å². The third-order valence-electron chi connectivity index (χ3n) is 5.37. The van der Waals surface area contributed by atoms with Crippen LogP contribution in [0.5, 0.6) is 0 Å². The number of hydrogen-bond donors (Lipinski definition) is 2. The first-order chi connectivity index (χ1) is 12.9. The number of amides is 1. The van der Waals surface area contributed by atoms with Gasteiger partial charge in [0.1, 0.15) is 0 Å². The number of nitrogens with one attached hydrogen (secondary N) is 2. The summed E-state index contributed by atoms with van der Waals surface area (Å²) in [4.78, 5) is 22.7. The van der Waals surface area contributed by atoms with Crippen molar-refractivity contribution in [3.63, 3.8) is 0 Å². The molecule has 1 aliphatic carbocycles. The molecular weight excluding hydrogens is 465 g/mol. The first-order valence-electron chi connectivity index (χ1n) is 10.0. The topological polar surface area (TPSA) is 69.6 Å². The molecule has 0 radical (unpaired) electrons. The average Bonchev–Trinajstić information content (AvgIpc) is 2.64. The molecule has 1 aliphatic rings. The minimum absolute atomic E-state index is 0. The van der Waals surface area contributed by atoms with Crippen LogP contribution in [0.3, 0.4) is 0 Å². The molecule has 1 fully saturated rings. The number of halogens is 1. The van der Waals surface area contributed by atoms with Gasteiger partial charge in [-0.2, -0.15) is 0 Å². The van der Waals surface area contributed by atoms with E-state index in [1.165, 1.54) is 25.7 Å². The Morgan fingerprint density at radius 3 is 2.61 bits per heavy atom. The van der Waals surface area contributed by atoms with Gasteiger partial charge in [-0.15, -0.1) is 24.0 Å². The molecule has 28 heavy (non-hydrogen) atoms. The van der Waals surface area contributed by atoms with Crippen molar-refractivity contribution in [2.75, 3.05) is 33.7 Å². The second-order valence-electron chi connectivity index (χ2n) is 8.12. The number of carbonyl (C=O) groups is 1. The smallest absolute Gasteiger partial charge is 0.241 e. The lowest BCUT2D eigenvalue weighted by atomic mass is 9.64. The number of hydrogen-bond acceptors (Lipinski definition) is 3. The van der Waals surface area contributed by atoms with Gasteiger partial charge in [0.2, 0.25) is 5.91 Å². The average molecular weight is 501 g/mol. The molecule has 1 amide bonds. The zero-order chi connectivity index (χ0) is 19.7. The predicted molar refractivity (Wildman–Crippen MR) is 126 cm³/mol. The highest BCUT2D eigenvalue weighted by Gasteiger charge is 2.37. The van der Waals surface area contributed by atoms with Crippen molar-refractivity contribution < 1.29 is 4.79 Å². The molecule has 2 N–H and O–H groups in total. The van der Waals surface area contributed by atoms with Crippen LogP contribution in [-0.4, -0.2) is 55.5 Å². The first-order valence-corrected chi connectivity index (χ1v) is 10.0. The third-order valence-corrected chi connectivity index (χ3v) is 5.37. The Labute approximate surface area is 187 Å². The monoisotopic (exact) mass is 501 g/mol. The van der Waals surface area contributed by atoms with Gasteiger partial charge in [-0.05, 0) is 42.7 Å². The fraction of sp³-hybridized carbons (Fsp3) is 0.667. The second kappa shape index (κ2) is 12.2. The van der Waals surface area contributed by atoms with E-state index < -0.39 is 0 Å². The van der Waals surface area contributed by atoms with Gasteiger partial charge in [-0.25, -0.2) is 0 Å². The second-order valence-corrected chi connectivity index (χ2v) is 8.12. The highest BCUT2D eigenvalue weighted by Crippen LogP contribution is 2.45. The number of nitrogens with zero attached hydrogens (tertiary/aromatic N) is 3. The summed E-state index contributed by atoms with van der Waals surface area (Å²) in [5.41, 5.74) is 1.40. The van der Waals surface area contributed by atoms with Crippen LogP contribution < -0.4 is 10.6 Å². The van der Waals surface area contributed by atoms with Crippen LogP contribution in [0.25, 0.3) is 0 Å². The van der Waals surface area contributed by atoms with E-state index in [1.54, 1.807) is 18.1 Å². The third kappa shape index (κ3) is 7.93. The van der Waals surface area contributed by atoms with Crippen molar-refractivity contribution in [1.29, 1.82) is 0 Å². The first kappa shape index (κ1) is 24.7. The Bertz CT molecular complexity index is 616. The standard InChI is InChI=1S/C21H35N5O.HI/c1-17(2)14-21(10-7-11-21)16-25-20(22-3)24-15-19(27)26(4)13-9-18-8-5-6-12-23-18;/h5-6,8,12,17H,7,9-11,13-16H2,1-4H3,(H2,22,24,25);1H. The lowest BCUT2D eigenvalue weighted by molar-refractivity contribution is -0.128. The van der Waals surface area contributed by atoms with E-state index in [9.17, 15) is 4.79 Å². The summed E-state index contributed by atoms with van der Waals surface area (Å²) < 4.78 is 0. The van der Waals surface area contributed by atoms with E-state index in [0.29, 0.717) is 23.8 Å². The summed E-state index contributed by atoms with van der Waals surface area (Å²) >= 11 is 0. The largest absolute Gasteiger partial charge is 0.356 e. The molecule has 6 nitrogen and oxygen atoms in total. The number of pyridine rings is 1. The molecule has 0 spiro atoms. The van der Waals surface area contributed by atoms with Crippen LogP contribution in [-0.2, 0) is 11.2 Å². The summed E-state index contributed by atoms with van der Waals surface area (Å²) in [6, 6.07) is 5.85. The number of rotatable bonds is 9. The molecular formula is C21H36IN5O. The molecule has 0 bridgehead atoms. The van der Waals surface area contributed by atoms with Gasteiger partial charge in [0.25, 0.3) is 0 Å². The number of likely N-dealkylation sites (N-methyl/N-ethyl adjacent to an activating group) is 1. The Morgan fingerprint density at radius 2 is 2.07 bits per heavy atom. The van der Waals surface area contributed by atoms with Gasteiger partial charge >= 0.3 is 0 Å². The highest BCUT2D eigenvalue weighted by atomic mass is 127. The van der Waals surface area contributed by atoms with Crippen LogP contribution in [0.4, 0.5) is 0 Å². The molecule has 0 aromatic carbocycles. The van der Waals surface area contributed by atoms with Crippen molar-refractivity contribution >= 4 is 35.8 Å². The van der Waals surface area contributed by atoms with E-state index >= 15 is 0 Å². The lowest BCUT2D eigenvalue weighted by Crippen LogP contribution is -2.49. The molecule has 0 aliphatic heterocycles. The Kier molecular flexibility index (Phi) is 10.8. The Hall–Kier alpha value is -1.38. The van der Waals surface area contributed by atoms with Gasteiger partial charge in [-0.3, -0.25) is 14.8 Å². The molecule has 158 valence electrons. The quantitative estimate of drug-likeness (QED) is 0.310. The van der Waals surface area contributed by atoms with E-state index in [-0.39, 0.29) is 36.4 Å². The normalized spacial score (nSPS) is 15.4. The molecule has 2 rings (SSSR count). The van der Waals surface area contributed by atoms with Crippen LogP contribution in [0, 0.1) is 11.3 Å². The minimum Gasteiger partial charge on any atom is -0.356 e.